The molecule has 1 saturated heterocycles. The van der Waals surface area contributed by atoms with E-state index in [1.165, 1.54) is 6.92 Å². The Hall–Kier alpha value is -2.30. The smallest absolute Gasteiger partial charge is 0.411 e. The molecule has 5 heteroatoms. The van der Waals surface area contributed by atoms with Crippen LogP contribution >= 0.6 is 0 Å². The van der Waals surface area contributed by atoms with Gasteiger partial charge in [-0.25, -0.2) is 4.79 Å². The highest BCUT2D eigenvalue weighted by molar-refractivity contribution is 5.72. The summed E-state index contributed by atoms with van der Waals surface area (Å²) in [4.78, 5) is 25.8. The van der Waals surface area contributed by atoms with Crippen LogP contribution < -0.4 is 0 Å². The lowest BCUT2D eigenvalue weighted by atomic mass is 9.97. The number of nitrogens with zero attached hydrogens (tertiary/aromatic N) is 1. The van der Waals surface area contributed by atoms with Gasteiger partial charge in [0.15, 0.2) is 0 Å². The molecule has 0 aromatic heterocycles. The Morgan fingerprint density at radius 1 is 1.31 bits per heavy atom. The summed E-state index contributed by atoms with van der Waals surface area (Å²) in [6.45, 7) is 7.77. The quantitative estimate of drug-likeness (QED) is 0.351. The van der Waals surface area contributed by atoms with E-state index in [9.17, 15) is 9.59 Å². The highest BCUT2D eigenvalue weighted by Crippen LogP contribution is 2.29. The summed E-state index contributed by atoms with van der Waals surface area (Å²) in [6.07, 6.45) is 5.35. The van der Waals surface area contributed by atoms with Crippen LogP contribution in [0.4, 0.5) is 4.79 Å². The van der Waals surface area contributed by atoms with E-state index in [1.807, 2.05) is 30.3 Å². The summed E-state index contributed by atoms with van der Waals surface area (Å²) >= 11 is 0. The van der Waals surface area contributed by atoms with Crippen LogP contribution in [-0.4, -0.2) is 35.2 Å². The van der Waals surface area contributed by atoms with Crippen molar-refractivity contribution in [2.45, 2.75) is 70.7 Å². The van der Waals surface area contributed by atoms with Crippen LogP contribution in [-0.2, 0) is 20.8 Å². The van der Waals surface area contributed by atoms with Crippen molar-refractivity contribution < 1.29 is 19.1 Å². The average molecular weight is 359 g/mol. The maximum Gasteiger partial charge on any atom is 0.411 e. The van der Waals surface area contributed by atoms with Gasteiger partial charge in [-0.1, -0.05) is 63.1 Å². The van der Waals surface area contributed by atoms with Gasteiger partial charge in [-0.05, 0) is 24.5 Å². The first-order chi connectivity index (χ1) is 12.6. The Kier molecular flexibility index (Phi) is 7.70. The van der Waals surface area contributed by atoms with Gasteiger partial charge >= 0.3 is 12.1 Å². The first kappa shape index (κ1) is 20.0. The molecule has 1 amide bonds. The molecule has 0 bridgehead atoms. The Labute approximate surface area is 156 Å². The number of amides is 1. The third-order valence-corrected chi connectivity index (χ3v) is 4.64. The molecule has 0 aliphatic carbocycles. The molecule has 0 radical (unpaired) electrons. The van der Waals surface area contributed by atoms with Crippen LogP contribution in [0.5, 0.6) is 0 Å². The molecular formula is C21H29NO4. The molecule has 0 saturated carbocycles. The predicted octanol–water partition coefficient (Wildman–Crippen LogP) is 4.46. The van der Waals surface area contributed by atoms with Crippen LogP contribution in [0, 0.1) is 0 Å². The predicted molar refractivity (Wildman–Crippen MR) is 101 cm³/mol. The standard InChI is InChI=1S/C21H29NO4/c1-4-6-7-11-14-19(25-16(3)23)20-18(5-2)26-21(24)22(20)15-17-12-9-8-10-13-17/h5,8-10,12-13,18-20H,2,4,6-7,11,14-15H2,1,3H3/t18-,19-,20-/m0/s1. The number of hydrogen-bond donors (Lipinski definition) is 0. The van der Waals surface area contributed by atoms with Crippen LogP contribution in [0.1, 0.15) is 51.5 Å². The molecule has 1 aromatic rings. The summed E-state index contributed by atoms with van der Waals surface area (Å²) in [7, 11) is 0. The summed E-state index contributed by atoms with van der Waals surface area (Å²) < 4.78 is 11.1. The van der Waals surface area contributed by atoms with Crippen molar-refractivity contribution in [3.8, 4) is 0 Å². The number of carbonyl (C=O) groups is 2. The molecule has 2 rings (SSSR count). The van der Waals surface area contributed by atoms with E-state index >= 15 is 0 Å². The first-order valence-electron chi connectivity index (χ1n) is 9.37. The van der Waals surface area contributed by atoms with Crippen molar-refractivity contribution >= 4 is 12.1 Å². The van der Waals surface area contributed by atoms with E-state index in [2.05, 4.69) is 13.5 Å². The van der Waals surface area contributed by atoms with E-state index in [4.69, 9.17) is 9.47 Å². The molecule has 0 unspecified atom stereocenters. The number of unbranched alkanes of at least 4 members (excludes halogenated alkanes) is 3. The number of benzene rings is 1. The Balaban J connectivity index is 2.19. The van der Waals surface area contributed by atoms with Crippen molar-refractivity contribution in [3.05, 3.63) is 48.6 Å². The summed E-state index contributed by atoms with van der Waals surface area (Å²) in [5.74, 6) is -0.340. The zero-order valence-electron chi connectivity index (χ0n) is 15.7. The second kappa shape index (κ2) is 10.00. The molecule has 1 aromatic carbocycles. The van der Waals surface area contributed by atoms with Gasteiger partial charge in [0, 0.05) is 13.5 Å². The number of hydrogen-bond acceptors (Lipinski definition) is 4. The third kappa shape index (κ3) is 5.35. The van der Waals surface area contributed by atoms with Gasteiger partial charge in [-0.15, -0.1) is 0 Å². The number of carbonyl (C=O) groups excluding carboxylic acids is 2. The fourth-order valence-corrected chi connectivity index (χ4v) is 3.39. The molecule has 26 heavy (non-hydrogen) atoms. The van der Waals surface area contributed by atoms with Gasteiger partial charge < -0.3 is 9.47 Å². The minimum absolute atomic E-state index is 0.340. The largest absolute Gasteiger partial charge is 0.460 e. The first-order valence-corrected chi connectivity index (χ1v) is 9.37. The van der Waals surface area contributed by atoms with Gasteiger partial charge in [0.1, 0.15) is 18.2 Å². The van der Waals surface area contributed by atoms with E-state index in [0.29, 0.717) is 13.0 Å². The van der Waals surface area contributed by atoms with Crippen molar-refractivity contribution in [1.29, 1.82) is 0 Å². The fourth-order valence-electron chi connectivity index (χ4n) is 3.39. The monoisotopic (exact) mass is 359 g/mol. The van der Waals surface area contributed by atoms with Gasteiger partial charge in [0.2, 0.25) is 0 Å². The SMILES string of the molecule is C=C[C@@H]1OC(=O)N(Cc2ccccc2)[C@@H]1[C@H](CCCCCC)OC(C)=O. The van der Waals surface area contributed by atoms with E-state index < -0.39 is 18.3 Å². The second-order valence-corrected chi connectivity index (χ2v) is 6.69. The van der Waals surface area contributed by atoms with Crippen molar-refractivity contribution in [2.24, 2.45) is 0 Å². The molecule has 1 aliphatic heterocycles. The maximum absolute atomic E-state index is 12.4. The lowest BCUT2D eigenvalue weighted by Crippen LogP contribution is -2.46. The van der Waals surface area contributed by atoms with Crippen molar-refractivity contribution in [3.63, 3.8) is 0 Å². The summed E-state index contributed by atoms with van der Waals surface area (Å²) in [5.41, 5.74) is 1.01. The Bertz CT molecular complexity index is 601. The van der Waals surface area contributed by atoms with E-state index in [1.54, 1.807) is 11.0 Å². The third-order valence-electron chi connectivity index (χ3n) is 4.64. The Morgan fingerprint density at radius 3 is 2.65 bits per heavy atom. The zero-order valence-corrected chi connectivity index (χ0v) is 15.7. The number of ether oxygens (including phenoxy) is 2. The van der Waals surface area contributed by atoms with Gasteiger partial charge in [-0.2, -0.15) is 0 Å². The second-order valence-electron chi connectivity index (χ2n) is 6.69. The number of esters is 1. The summed E-state index contributed by atoms with van der Waals surface area (Å²) in [5, 5.41) is 0. The minimum Gasteiger partial charge on any atom is -0.460 e. The molecular weight excluding hydrogens is 330 g/mol. The summed E-state index contributed by atoms with van der Waals surface area (Å²) in [6, 6.07) is 9.38. The van der Waals surface area contributed by atoms with Crippen molar-refractivity contribution in [1.82, 2.24) is 4.90 Å². The molecule has 3 atom stereocenters. The zero-order chi connectivity index (χ0) is 18.9. The van der Waals surface area contributed by atoms with Gasteiger partial charge in [-0.3, -0.25) is 9.69 Å². The van der Waals surface area contributed by atoms with Crippen LogP contribution in [0.25, 0.3) is 0 Å². The lowest BCUT2D eigenvalue weighted by Gasteiger charge is -2.31. The van der Waals surface area contributed by atoms with E-state index in [-0.39, 0.29) is 12.0 Å². The van der Waals surface area contributed by atoms with Gasteiger partial charge in [0.25, 0.3) is 0 Å². The topological polar surface area (TPSA) is 55.8 Å². The van der Waals surface area contributed by atoms with Crippen LogP contribution in [0.15, 0.2) is 43.0 Å². The van der Waals surface area contributed by atoms with Crippen molar-refractivity contribution in [2.75, 3.05) is 0 Å². The molecule has 5 nitrogen and oxygen atoms in total. The maximum atomic E-state index is 12.4. The normalized spacial score (nSPS) is 20.5. The average Bonchev–Trinajstić information content (AvgIpc) is 2.94. The van der Waals surface area contributed by atoms with E-state index in [0.717, 1.165) is 31.2 Å². The van der Waals surface area contributed by atoms with Crippen LogP contribution in [0.2, 0.25) is 0 Å². The number of cyclic esters (lactones) is 1. The molecule has 1 fully saturated rings. The molecule has 142 valence electrons. The minimum atomic E-state index is -0.485. The Morgan fingerprint density at radius 2 is 2.04 bits per heavy atom. The molecule has 1 aliphatic rings. The lowest BCUT2D eigenvalue weighted by molar-refractivity contribution is -0.150. The molecule has 0 N–H and O–H groups in total. The number of rotatable bonds is 10. The molecule has 1 heterocycles. The van der Waals surface area contributed by atoms with Gasteiger partial charge in [0.05, 0.1) is 0 Å². The molecule has 0 spiro atoms. The highest BCUT2D eigenvalue weighted by atomic mass is 16.6. The van der Waals surface area contributed by atoms with Crippen LogP contribution in [0.3, 0.4) is 0 Å². The highest BCUT2D eigenvalue weighted by Gasteiger charge is 2.45. The fraction of sp³-hybridized carbons (Fsp3) is 0.524.